The maximum Gasteiger partial charge on any atom is 0.230 e. The molecule has 120 valence electrons. The summed E-state index contributed by atoms with van der Waals surface area (Å²) in [6, 6.07) is 3.39. The van der Waals surface area contributed by atoms with Crippen molar-refractivity contribution < 1.29 is 18.7 Å². The van der Waals surface area contributed by atoms with Gasteiger partial charge >= 0.3 is 0 Å². The van der Waals surface area contributed by atoms with Gasteiger partial charge in [-0.25, -0.2) is 8.78 Å². The third-order valence-corrected chi connectivity index (χ3v) is 5.20. The van der Waals surface area contributed by atoms with Crippen molar-refractivity contribution in [2.24, 2.45) is 0 Å². The van der Waals surface area contributed by atoms with E-state index >= 15 is 0 Å². The number of nitrogens with one attached hydrogen (secondary N) is 1. The van der Waals surface area contributed by atoms with Crippen LogP contribution in [0.4, 0.5) is 8.78 Å². The van der Waals surface area contributed by atoms with E-state index in [2.05, 4.69) is 5.32 Å². The van der Waals surface area contributed by atoms with Crippen molar-refractivity contribution in [3.63, 3.8) is 0 Å². The van der Waals surface area contributed by atoms with E-state index in [-0.39, 0.29) is 18.0 Å². The molecule has 1 aromatic carbocycles. The Labute approximate surface area is 128 Å². The highest BCUT2D eigenvalue weighted by Crippen LogP contribution is 2.45. The number of benzene rings is 1. The minimum atomic E-state index is -0.910. The van der Waals surface area contributed by atoms with Crippen molar-refractivity contribution in [3.05, 3.63) is 35.4 Å². The summed E-state index contributed by atoms with van der Waals surface area (Å²) in [6.45, 7) is 0.205. The first-order valence-corrected chi connectivity index (χ1v) is 7.92. The molecule has 3 rings (SSSR count). The summed E-state index contributed by atoms with van der Waals surface area (Å²) >= 11 is 0. The van der Waals surface area contributed by atoms with Crippen LogP contribution < -0.4 is 5.32 Å². The van der Waals surface area contributed by atoms with Crippen LogP contribution in [0.5, 0.6) is 0 Å². The van der Waals surface area contributed by atoms with E-state index in [1.807, 2.05) is 0 Å². The quantitative estimate of drug-likeness (QED) is 0.898. The Hall–Kier alpha value is -1.49. The number of carbonyl (C=O) groups excluding carboxylic acids is 1. The number of amides is 1. The molecule has 0 radical (unpaired) electrons. The third-order valence-electron chi connectivity index (χ3n) is 5.20. The van der Waals surface area contributed by atoms with Crippen molar-refractivity contribution in [1.82, 2.24) is 5.32 Å². The van der Waals surface area contributed by atoms with E-state index in [0.29, 0.717) is 25.7 Å². The zero-order chi connectivity index (χ0) is 15.8. The van der Waals surface area contributed by atoms with Gasteiger partial charge in [-0.1, -0.05) is 25.3 Å². The van der Waals surface area contributed by atoms with Crippen LogP contribution in [0.1, 0.15) is 50.5 Å². The molecule has 0 bridgehead atoms. The van der Waals surface area contributed by atoms with Crippen LogP contribution in [0.2, 0.25) is 0 Å². The maximum atomic E-state index is 14.1. The fourth-order valence-corrected chi connectivity index (χ4v) is 3.65. The first-order valence-electron chi connectivity index (χ1n) is 7.92. The molecule has 0 spiro atoms. The van der Waals surface area contributed by atoms with Gasteiger partial charge in [0.1, 0.15) is 11.6 Å². The van der Waals surface area contributed by atoms with Crippen molar-refractivity contribution in [1.29, 1.82) is 0 Å². The highest BCUT2D eigenvalue weighted by atomic mass is 19.1. The average molecular weight is 309 g/mol. The molecule has 2 aliphatic rings. The first kappa shape index (κ1) is 15.4. The number of aliphatic hydroxyl groups is 1. The van der Waals surface area contributed by atoms with Gasteiger partial charge in [0.15, 0.2) is 0 Å². The Morgan fingerprint density at radius 2 is 1.82 bits per heavy atom. The standard InChI is InChI=1S/C17H21F2NO2/c18-12-4-5-13(14(19)10-12)17(8-3-9-17)15(21)20-11-16(22)6-1-2-7-16/h4-5,10,22H,1-3,6-9,11H2,(H,20,21). The molecular weight excluding hydrogens is 288 g/mol. The lowest BCUT2D eigenvalue weighted by Gasteiger charge is -2.41. The zero-order valence-electron chi connectivity index (χ0n) is 12.5. The molecule has 5 heteroatoms. The molecule has 0 aromatic heterocycles. The van der Waals surface area contributed by atoms with E-state index in [1.165, 1.54) is 12.1 Å². The largest absolute Gasteiger partial charge is 0.388 e. The molecular formula is C17H21F2NO2. The molecule has 22 heavy (non-hydrogen) atoms. The van der Waals surface area contributed by atoms with Gasteiger partial charge in [-0.05, 0) is 31.7 Å². The molecule has 0 aliphatic heterocycles. The van der Waals surface area contributed by atoms with Crippen molar-refractivity contribution in [3.8, 4) is 0 Å². The minimum absolute atomic E-state index is 0.205. The first-order chi connectivity index (χ1) is 10.5. The van der Waals surface area contributed by atoms with E-state index in [4.69, 9.17) is 0 Å². The van der Waals surface area contributed by atoms with Gasteiger partial charge in [-0.3, -0.25) is 4.79 Å². The normalized spacial score (nSPS) is 22.1. The lowest BCUT2D eigenvalue weighted by molar-refractivity contribution is -0.131. The van der Waals surface area contributed by atoms with Gasteiger partial charge in [-0.15, -0.1) is 0 Å². The van der Waals surface area contributed by atoms with Crippen molar-refractivity contribution >= 4 is 5.91 Å². The number of halogens is 2. The molecule has 0 atom stereocenters. The summed E-state index contributed by atoms with van der Waals surface area (Å²) in [6.07, 6.45) is 5.25. The molecule has 2 aliphatic carbocycles. The Bertz CT molecular complexity index is 578. The smallest absolute Gasteiger partial charge is 0.230 e. The van der Waals surface area contributed by atoms with Crippen molar-refractivity contribution in [2.75, 3.05) is 6.54 Å². The molecule has 2 fully saturated rings. The highest BCUT2D eigenvalue weighted by Gasteiger charge is 2.47. The highest BCUT2D eigenvalue weighted by molar-refractivity contribution is 5.89. The second kappa shape index (κ2) is 5.61. The van der Waals surface area contributed by atoms with E-state index < -0.39 is 22.7 Å². The number of hydrogen-bond acceptors (Lipinski definition) is 2. The molecule has 0 unspecified atom stereocenters. The van der Waals surface area contributed by atoms with Gasteiger partial charge < -0.3 is 10.4 Å². The van der Waals surface area contributed by atoms with Crippen LogP contribution >= 0.6 is 0 Å². The van der Waals surface area contributed by atoms with E-state index in [0.717, 1.165) is 25.3 Å². The summed E-state index contributed by atoms with van der Waals surface area (Å²) in [5.41, 5.74) is -1.48. The van der Waals surface area contributed by atoms with Crippen LogP contribution in [0, 0.1) is 11.6 Å². The number of carbonyl (C=O) groups is 1. The predicted octanol–water partition coefficient (Wildman–Crippen LogP) is 2.81. The van der Waals surface area contributed by atoms with Crippen molar-refractivity contribution in [2.45, 2.75) is 56.0 Å². The molecule has 2 saturated carbocycles. The van der Waals surface area contributed by atoms with Gasteiger partial charge in [0.25, 0.3) is 0 Å². The summed E-state index contributed by atoms with van der Waals surface area (Å²) in [7, 11) is 0. The topological polar surface area (TPSA) is 49.3 Å². The monoisotopic (exact) mass is 309 g/mol. The van der Waals surface area contributed by atoms with Gasteiger partial charge in [0.05, 0.1) is 11.0 Å². The minimum Gasteiger partial charge on any atom is -0.388 e. The van der Waals surface area contributed by atoms with Crippen LogP contribution in [0.15, 0.2) is 18.2 Å². The van der Waals surface area contributed by atoms with E-state index in [1.54, 1.807) is 0 Å². The molecule has 0 saturated heterocycles. The SMILES string of the molecule is O=C(NCC1(O)CCCC1)C1(c2ccc(F)cc2F)CCC1. The fraction of sp³-hybridized carbons (Fsp3) is 0.588. The lowest BCUT2D eigenvalue weighted by atomic mass is 9.63. The molecule has 2 N–H and O–H groups in total. The second-order valence-corrected chi connectivity index (χ2v) is 6.67. The number of rotatable bonds is 4. The molecule has 3 nitrogen and oxygen atoms in total. The Morgan fingerprint density at radius 1 is 1.14 bits per heavy atom. The van der Waals surface area contributed by atoms with E-state index in [9.17, 15) is 18.7 Å². The summed E-state index contributed by atoms with van der Waals surface area (Å²) < 4.78 is 27.2. The maximum absolute atomic E-state index is 14.1. The molecule has 1 amide bonds. The van der Waals surface area contributed by atoms with Crippen LogP contribution in [0.25, 0.3) is 0 Å². The molecule has 1 aromatic rings. The second-order valence-electron chi connectivity index (χ2n) is 6.67. The van der Waals surface area contributed by atoms with Gasteiger partial charge in [0.2, 0.25) is 5.91 Å². The average Bonchev–Trinajstić information content (AvgIpc) is 2.85. The van der Waals surface area contributed by atoms with Crippen LogP contribution in [0.3, 0.4) is 0 Å². The predicted molar refractivity (Wildman–Crippen MR) is 78.3 cm³/mol. The number of hydrogen-bond donors (Lipinski definition) is 2. The lowest BCUT2D eigenvalue weighted by Crippen LogP contribution is -2.53. The summed E-state index contributed by atoms with van der Waals surface area (Å²) in [5.74, 6) is -1.57. The van der Waals surface area contributed by atoms with Crippen LogP contribution in [-0.4, -0.2) is 23.2 Å². The van der Waals surface area contributed by atoms with Crippen LogP contribution in [-0.2, 0) is 10.2 Å². The Kier molecular flexibility index (Phi) is 3.93. The summed E-state index contributed by atoms with van der Waals surface area (Å²) in [4.78, 5) is 12.6. The Morgan fingerprint density at radius 3 is 2.36 bits per heavy atom. The third kappa shape index (κ3) is 2.62. The zero-order valence-corrected chi connectivity index (χ0v) is 12.5. The summed E-state index contributed by atoms with van der Waals surface area (Å²) in [5, 5.41) is 13.1. The van der Waals surface area contributed by atoms with Gasteiger partial charge in [0, 0.05) is 18.2 Å². The van der Waals surface area contributed by atoms with Gasteiger partial charge in [-0.2, -0.15) is 0 Å². The Balaban J connectivity index is 1.76. The fourth-order valence-electron chi connectivity index (χ4n) is 3.65. The molecule has 0 heterocycles.